The molecule has 2 aromatic carbocycles. The molecule has 0 aliphatic rings. The Morgan fingerprint density at radius 2 is 1.75 bits per heavy atom. The van der Waals surface area contributed by atoms with E-state index in [1.165, 1.54) is 0 Å². The molecule has 24 heavy (non-hydrogen) atoms. The van der Waals surface area contributed by atoms with Crippen LogP contribution in [-0.4, -0.2) is 38.3 Å². The average Bonchev–Trinajstić information content (AvgIpc) is 2.61. The monoisotopic (exact) mass is 345 g/mol. The fourth-order valence-electron chi connectivity index (χ4n) is 2.46. The van der Waals surface area contributed by atoms with Crippen molar-refractivity contribution in [2.24, 2.45) is 0 Å². The van der Waals surface area contributed by atoms with Gasteiger partial charge in [-0.25, -0.2) is 0 Å². The van der Waals surface area contributed by atoms with Crippen LogP contribution in [0, 0.1) is 0 Å². The van der Waals surface area contributed by atoms with Gasteiger partial charge in [0.25, 0.3) is 5.91 Å². The smallest absolute Gasteiger partial charge is 0.253 e. The van der Waals surface area contributed by atoms with Gasteiger partial charge < -0.3 is 14.4 Å². The summed E-state index contributed by atoms with van der Waals surface area (Å²) < 4.78 is 10.5. The topological polar surface area (TPSA) is 38.8 Å². The summed E-state index contributed by atoms with van der Waals surface area (Å²) in [5.41, 5.74) is 2.76. The molecule has 2 rings (SSSR count). The van der Waals surface area contributed by atoms with Crippen molar-refractivity contribution >= 4 is 17.7 Å². The Morgan fingerprint density at radius 1 is 1.08 bits per heavy atom. The van der Waals surface area contributed by atoms with Gasteiger partial charge in [-0.15, -0.1) is 11.8 Å². The molecule has 0 spiro atoms. The molecule has 0 saturated carbocycles. The van der Waals surface area contributed by atoms with Crippen molar-refractivity contribution in [2.75, 3.05) is 27.5 Å². The van der Waals surface area contributed by atoms with Crippen molar-refractivity contribution in [1.82, 2.24) is 4.90 Å². The van der Waals surface area contributed by atoms with Gasteiger partial charge in [0, 0.05) is 31.2 Å². The first kappa shape index (κ1) is 18.4. The summed E-state index contributed by atoms with van der Waals surface area (Å²) in [6.45, 7) is 1.08. The molecule has 0 aliphatic heterocycles. The Balaban J connectivity index is 2.08. The number of hydrogen-bond acceptors (Lipinski definition) is 4. The van der Waals surface area contributed by atoms with Crippen LogP contribution in [0.25, 0.3) is 0 Å². The van der Waals surface area contributed by atoms with E-state index in [0.717, 1.165) is 21.8 Å². The van der Waals surface area contributed by atoms with Crippen molar-refractivity contribution in [3.05, 3.63) is 59.2 Å². The van der Waals surface area contributed by atoms with Crippen molar-refractivity contribution in [3.63, 3.8) is 0 Å². The molecule has 0 aliphatic carbocycles. The highest BCUT2D eigenvalue weighted by Crippen LogP contribution is 2.28. The van der Waals surface area contributed by atoms with Crippen LogP contribution >= 0.6 is 11.8 Å². The second-order valence-electron chi connectivity index (χ2n) is 5.48. The van der Waals surface area contributed by atoms with E-state index in [4.69, 9.17) is 9.47 Å². The molecule has 0 unspecified atom stereocenters. The minimum atomic E-state index is -0.00752. The highest BCUT2D eigenvalue weighted by molar-refractivity contribution is 7.98. The van der Waals surface area contributed by atoms with E-state index in [-0.39, 0.29) is 5.91 Å². The first-order chi connectivity index (χ1) is 11.6. The highest BCUT2D eigenvalue weighted by Gasteiger charge is 2.13. The lowest BCUT2D eigenvalue weighted by atomic mass is 10.1. The number of ether oxygens (including phenoxy) is 2. The quantitative estimate of drug-likeness (QED) is 0.715. The molecule has 0 radical (unpaired) electrons. The van der Waals surface area contributed by atoms with E-state index >= 15 is 0 Å². The summed E-state index contributed by atoms with van der Waals surface area (Å²) in [7, 11) is 5.12. The lowest BCUT2D eigenvalue weighted by Gasteiger charge is -2.18. The fraction of sp³-hybridized carbons (Fsp3) is 0.316. The van der Waals surface area contributed by atoms with E-state index in [9.17, 15) is 4.79 Å². The minimum absolute atomic E-state index is 0.00752. The number of nitrogens with zero attached hydrogens (tertiary/aromatic N) is 1. The Hall–Kier alpha value is -1.98. The lowest BCUT2D eigenvalue weighted by Crippen LogP contribution is -2.26. The maximum absolute atomic E-state index is 12.6. The summed E-state index contributed by atoms with van der Waals surface area (Å²) in [6, 6.07) is 13.5. The zero-order valence-corrected chi connectivity index (χ0v) is 15.4. The second kappa shape index (κ2) is 8.76. The zero-order chi connectivity index (χ0) is 17.5. The number of thioether (sulfide) groups is 1. The van der Waals surface area contributed by atoms with Crippen LogP contribution in [0.4, 0.5) is 0 Å². The van der Waals surface area contributed by atoms with Crippen LogP contribution in [0.15, 0.2) is 47.4 Å². The van der Waals surface area contributed by atoms with Crippen LogP contribution in [0.5, 0.6) is 5.75 Å². The number of rotatable bonds is 7. The summed E-state index contributed by atoms with van der Waals surface area (Å²) in [5, 5.41) is 0. The predicted octanol–water partition coefficient (Wildman–Crippen LogP) is 3.84. The molecule has 0 heterocycles. The molecule has 0 atom stereocenters. The average molecular weight is 345 g/mol. The van der Waals surface area contributed by atoms with Gasteiger partial charge in [0.1, 0.15) is 5.75 Å². The minimum Gasteiger partial charge on any atom is -0.496 e. The molecule has 0 aromatic heterocycles. The number of carbonyl (C=O) groups is 1. The summed E-state index contributed by atoms with van der Waals surface area (Å²) >= 11 is 1.64. The number of carbonyl (C=O) groups excluding carboxylic acids is 1. The van der Waals surface area contributed by atoms with Crippen LogP contribution in [0.2, 0.25) is 0 Å². The Kier molecular flexibility index (Phi) is 6.70. The maximum atomic E-state index is 12.6. The number of amides is 1. The molecule has 5 heteroatoms. The first-order valence-corrected chi connectivity index (χ1v) is 8.85. The van der Waals surface area contributed by atoms with Crippen LogP contribution in [-0.2, 0) is 17.9 Å². The molecule has 0 saturated heterocycles. The van der Waals surface area contributed by atoms with E-state index < -0.39 is 0 Å². The van der Waals surface area contributed by atoms with E-state index in [0.29, 0.717) is 18.7 Å². The van der Waals surface area contributed by atoms with Gasteiger partial charge in [0.2, 0.25) is 0 Å². The zero-order valence-electron chi connectivity index (χ0n) is 14.5. The van der Waals surface area contributed by atoms with Gasteiger partial charge in [-0.2, -0.15) is 0 Å². The third-order valence-corrected chi connectivity index (χ3v) is 4.50. The van der Waals surface area contributed by atoms with Gasteiger partial charge in [0.05, 0.1) is 13.7 Å². The molecule has 0 bridgehead atoms. The van der Waals surface area contributed by atoms with Gasteiger partial charge in [0.15, 0.2) is 0 Å². The summed E-state index contributed by atoms with van der Waals surface area (Å²) in [6.07, 6.45) is 2.01. The third-order valence-electron chi connectivity index (χ3n) is 3.73. The van der Waals surface area contributed by atoms with Gasteiger partial charge in [-0.05, 0) is 41.6 Å². The molecular weight excluding hydrogens is 322 g/mol. The summed E-state index contributed by atoms with van der Waals surface area (Å²) in [4.78, 5) is 15.3. The molecule has 128 valence electrons. The molecule has 0 fully saturated rings. The van der Waals surface area contributed by atoms with E-state index in [2.05, 4.69) is 0 Å². The Labute approximate surface area is 147 Å². The molecule has 1 amide bonds. The van der Waals surface area contributed by atoms with Gasteiger partial charge in [-0.3, -0.25) is 4.79 Å². The summed E-state index contributed by atoms with van der Waals surface area (Å²) in [5.74, 6) is 0.830. The predicted molar refractivity (Wildman–Crippen MR) is 97.7 cm³/mol. The molecular formula is C19H23NO3S. The Morgan fingerprint density at radius 3 is 2.33 bits per heavy atom. The molecule has 2 aromatic rings. The number of methoxy groups -OCH3 is 2. The van der Waals surface area contributed by atoms with Crippen LogP contribution in [0.3, 0.4) is 0 Å². The highest BCUT2D eigenvalue weighted by atomic mass is 32.2. The first-order valence-electron chi connectivity index (χ1n) is 7.63. The van der Waals surface area contributed by atoms with E-state index in [1.807, 2.05) is 48.7 Å². The molecule has 0 N–H and O–H groups in total. The van der Waals surface area contributed by atoms with Gasteiger partial charge in [-0.1, -0.05) is 18.2 Å². The maximum Gasteiger partial charge on any atom is 0.253 e. The largest absolute Gasteiger partial charge is 0.496 e. The number of benzene rings is 2. The van der Waals surface area contributed by atoms with Crippen LogP contribution in [0.1, 0.15) is 21.5 Å². The van der Waals surface area contributed by atoms with Crippen LogP contribution < -0.4 is 4.74 Å². The Bertz CT molecular complexity index is 686. The molecule has 4 nitrogen and oxygen atoms in total. The lowest BCUT2D eigenvalue weighted by molar-refractivity contribution is 0.0785. The fourth-order valence-corrected chi connectivity index (χ4v) is 3.00. The van der Waals surface area contributed by atoms with E-state index in [1.54, 1.807) is 37.9 Å². The second-order valence-corrected chi connectivity index (χ2v) is 6.33. The van der Waals surface area contributed by atoms with Crippen molar-refractivity contribution in [1.29, 1.82) is 0 Å². The number of hydrogen-bond donors (Lipinski definition) is 0. The van der Waals surface area contributed by atoms with Crippen molar-refractivity contribution in [2.45, 2.75) is 18.0 Å². The SMILES string of the molecule is COCc1ccc(C(=O)N(C)Cc2ccc(SC)c(OC)c2)cc1. The van der Waals surface area contributed by atoms with Crippen molar-refractivity contribution in [3.8, 4) is 5.75 Å². The standard InChI is InChI=1S/C19H23NO3S/c1-20(12-15-7-10-18(24-4)17(11-15)23-3)19(21)16-8-5-14(6-9-16)13-22-2/h5-11H,12-13H2,1-4H3. The normalized spacial score (nSPS) is 10.5. The van der Waals surface area contributed by atoms with Crippen molar-refractivity contribution < 1.29 is 14.3 Å². The van der Waals surface area contributed by atoms with Gasteiger partial charge >= 0.3 is 0 Å². The third kappa shape index (κ3) is 4.52.